The standard InChI is InChI=1S/C19H15ClN4O2/c1-3-19(6-7-19)23-17-16-14(9-12(20)10-15(16)26-2)24(18(25)22-17)13-5-4-8-21-11-13/h1,4-5,8-11H,6-7H2,2H3,(H,22,23,25). The summed E-state index contributed by atoms with van der Waals surface area (Å²) in [6.45, 7) is 0. The maximum Gasteiger partial charge on any atom is 0.354 e. The van der Waals surface area contributed by atoms with Gasteiger partial charge >= 0.3 is 5.69 Å². The monoisotopic (exact) mass is 366 g/mol. The number of rotatable bonds is 4. The smallest absolute Gasteiger partial charge is 0.354 e. The topological polar surface area (TPSA) is 69.0 Å². The van der Waals surface area contributed by atoms with Crippen LogP contribution >= 0.6 is 11.6 Å². The normalized spacial score (nSPS) is 14.7. The van der Waals surface area contributed by atoms with Gasteiger partial charge in [-0.2, -0.15) is 4.98 Å². The van der Waals surface area contributed by atoms with Gasteiger partial charge in [-0.1, -0.05) is 17.5 Å². The molecule has 0 amide bonds. The maximum atomic E-state index is 12.8. The lowest BCUT2D eigenvalue weighted by Gasteiger charge is -2.18. The molecule has 1 aliphatic rings. The number of halogens is 1. The molecular formula is C19H15ClN4O2. The van der Waals surface area contributed by atoms with Crippen LogP contribution in [0.5, 0.6) is 5.75 Å². The second kappa shape index (κ2) is 6.04. The van der Waals surface area contributed by atoms with Crippen molar-refractivity contribution >= 4 is 28.3 Å². The number of anilines is 1. The van der Waals surface area contributed by atoms with Gasteiger partial charge in [-0.15, -0.1) is 6.42 Å². The number of nitrogens with zero attached hydrogens (tertiary/aromatic N) is 3. The van der Waals surface area contributed by atoms with E-state index in [-0.39, 0.29) is 0 Å². The molecule has 0 saturated heterocycles. The molecule has 2 aromatic heterocycles. The largest absolute Gasteiger partial charge is 0.496 e. The predicted octanol–water partition coefficient (Wildman–Crippen LogP) is 3.02. The number of hydrogen-bond acceptors (Lipinski definition) is 5. The molecule has 7 heteroatoms. The molecule has 2 heterocycles. The van der Waals surface area contributed by atoms with Crippen LogP contribution in [0.15, 0.2) is 41.5 Å². The zero-order valence-electron chi connectivity index (χ0n) is 14.0. The molecule has 0 aliphatic heterocycles. The molecule has 1 saturated carbocycles. The van der Waals surface area contributed by atoms with Crippen molar-refractivity contribution in [3.8, 4) is 23.8 Å². The first-order chi connectivity index (χ1) is 12.6. The number of methoxy groups -OCH3 is 1. The molecule has 3 aromatic rings. The molecule has 1 aliphatic carbocycles. The molecule has 26 heavy (non-hydrogen) atoms. The third-order valence-corrected chi connectivity index (χ3v) is 4.65. The molecule has 0 atom stereocenters. The highest BCUT2D eigenvalue weighted by molar-refractivity contribution is 6.31. The number of pyridine rings is 1. The van der Waals surface area contributed by atoms with Crippen LogP contribution in [-0.4, -0.2) is 27.2 Å². The zero-order chi connectivity index (χ0) is 18.3. The number of fused-ring (bicyclic) bond motifs is 1. The first-order valence-corrected chi connectivity index (χ1v) is 8.41. The first-order valence-electron chi connectivity index (χ1n) is 8.03. The van der Waals surface area contributed by atoms with Crippen molar-refractivity contribution in [2.24, 2.45) is 0 Å². The van der Waals surface area contributed by atoms with E-state index in [0.717, 1.165) is 12.8 Å². The van der Waals surface area contributed by atoms with Gasteiger partial charge in [0.15, 0.2) is 0 Å². The van der Waals surface area contributed by atoms with E-state index in [4.69, 9.17) is 22.8 Å². The fraction of sp³-hybridized carbons (Fsp3) is 0.211. The predicted molar refractivity (Wildman–Crippen MR) is 101 cm³/mol. The lowest BCUT2D eigenvalue weighted by molar-refractivity contribution is 0.419. The summed E-state index contributed by atoms with van der Waals surface area (Å²) < 4.78 is 6.96. The summed E-state index contributed by atoms with van der Waals surface area (Å²) in [6, 6.07) is 6.92. The Morgan fingerprint density at radius 2 is 2.23 bits per heavy atom. The van der Waals surface area contributed by atoms with E-state index >= 15 is 0 Å². The average molecular weight is 367 g/mol. The van der Waals surface area contributed by atoms with Crippen molar-refractivity contribution in [2.75, 3.05) is 12.4 Å². The number of benzene rings is 1. The van der Waals surface area contributed by atoms with Gasteiger partial charge in [-0.3, -0.25) is 9.55 Å². The van der Waals surface area contributed by atoms with E-state index in [1.165, 1.54) is 4.57 Å². The second-order valence-electron chi connectivity index (χ2n) is 6.14. The molecule has 4 rings (SSSR count). The number of hydrogen-bond donors (Lipinski definition) is 1. The summed E-state index contributed by atoms with van der Waals surface area (Å²) in [5, 5.41) is 4.32. The van der Waals surface area contributed by atoms with Gasteiger partial charge in [0.2, 0.25) is 0 Å². The van der Waals surface area contributed by atoms with Crippen LogP contribution in [-0.2, 0) is 0 Å². The van der Waals surface area contributed by atoms with Gasteiger partial charge in [-0.25, -0.2) is 4.79 Å². The molecule has 130 valence electrons. The highest BCUT2D eigenvalue weighted by Crippen LogP contribution is 2.41. The summed E-state index contributed by atoms with van der Waals surface area (Å²) in [5.41, 5.74) is 0.240. The van der Waals surface area contributed by atoms with E-state index in [1.807, 2.05) is 0 Å². The Hall–Kier alpha value is -3.04. The van der Waals surface area contributed by atoms with Gasteiger partial charge in [0.05, 0.1) is 35.4 Å². The molecular weight excluding hydrogens is 352 g/mol. The Bertz CT molecular complexity index is 1100. The van der Waals surface area contributed by atoms with Gasteiger partial charge in [0.1, 0.15) is 11.6 Å². The first kappa shape index (κ1) is 16.4. The Kier molecular flexibility index (Phi) is 3.82. The van der Waals surface area contributed by atoms with Crippen LogP contribution in [0.2, 0.25) is 5.02 Å². The van der Waals surface area contributed by atoms with Crippen molar-refractivity contribution in [1.29, 1.82) is 0 Å². The summed E-state index contributed by atoms with van der Waals surface area (Å²) in [5.74, 6) is 3.65. The fourth-order valence-electron chi connectivity index (χ4n) is 2.93. The number of nitrogens with one attached hydrogen (secondary N) is 1. The quantitative estimate of drug-likeness (QED) is 0.719. The van der Waals surface area contributed by atoms with Crippen molar-refractivity contribution in [1.82, 2.24) is 14.5 Å². The van der Waals surface area contributed by atoms with Crippen LogP contribution < -0.4 is 15.7 Å². The van der Waals surface area contributed by atoms with E-state index in [1.54, 1.807) is 43.8 Å². The third-order valence-electron chi connectivity index (χ3n) is 4.43. The lowest BCUT2D eigenvalue weighted by atomic mass is 10.1. The van der Waals surface area contributed by atoms with Gasteiger partial charge in [-0.05, 0) is 37.1 Å². The minimum absolute atomic E-state index is 0.397. The molecule has 0 spiro atoms. The highest BCUT2D eigenvalue weighted by atomic mass is 35.5. The highest BCUT2D eigenvalue weighted by Gasteiger charge is 2.42. The third kappa shape index (κ3) is 2.67. The number of terminal acetylenes is 1. The summed E-state index contributed by atoms with van der Waals surface area (Å²) in [6.07, 6.45) is 10.5. The average Bonchev–Trinajstić information content (AvgIpc) is 3.41. The van der Waals surface area contributed by atoms with Gasteiger partial charge in [0, 0.05) is 11.2 Å². The van der Waals surface area contributed by atoms with Crippen molar-refractivity contribution < 1.29 is 4.74 Å². The van der Waals surface area contributed by atoms with Gasteiger partial charge in [0.25, 0.3) is 0 Å². The Labute approximate surface area is 154 Å². The SMILES string of the molecule is C#CC1(Nc2nc(=O)n(-c3cccnc3)c3cc(Cl)cc(OC)c23)CC1. The van der Waals surface area contributed by atoms with Gasteiger partial charge < -0.3 is 10.1 Å². The minimum Gasteiger partial charge on any atom is -0.496 e. The van der Waals surface area contributed by atoms with Crippen molar-refractivity contribution in [2.45, 2.75) is 18.4 Å². The summed E-state index contributed by atoms with van der Waals surface area (Å²) >= 11 is 6.26. The Morgan fingerprint density at radius 3 is 2.85 bits per heavy atom. The molecule has 0 bridgehead atoms. The summed E-state index contributed by atoms with van der Waals surface area (Å²) in [4.78, 5) is 21.1. The van der Waals surface area contributed by atoms with E-state index in [9.17, 15) is 4.79 Å². The molecule has 0 unspecified atom stereocenters. The maximum absolute atomic E-state index is 12.8. The van der Waals surface area contributed by atoms with E-state index in [2.05, 4.69) is 21.2 Å². The van der Waals surface area contributed by atoms with Crippen molar-refractivity contribution in [3.63, 3.8) is 0 Å². The van der Waals surface area contributed by atoms with Crippen LogP contribution in [0.4, 0.5) is 5.82 Å². The molecule has 0 radical (unpaired) electrons. The number of ether oxygens (including phenoxy) is 1. The molecule has 1 fully saturated rings. The van der Waals surface area contributed by atoms with E-state index < -0.39 is 11.2 Å². The van der Waals surface area contributed by atoms with E-state index in [0.29, 0.717) is 33.2 Å². The van der Waals surface area contributed by atoms with Crippen LogP contribution in [0.1, 0.15) is 12.8 Å². The van der Waals surface area contributed by atoms with Crippen LogP contribution in [0, 0.1) is 12.3 Å². The Morgan fingerprint density at radius 1 is 1.42 bits per heavy atom. The lowest BCUT2D eigenvalue weighted by Crippen LogP contribution is -2.27. The molecule has 1 aromatic carbocycles. The zero-order valence-corrected chi connectivity index (χ0v) is 14.7. The number of aromatic nitrogens is 3. The molecule has 1 N–H and O–H groups in total. The fourth-order valence-corrected chi connectivity index (χ4v) is 3.13. The summed E-state index contributed by atoms with van der Waals surface area (Å²) in [7, 11) is 1.54. The van der Waals surface area contributed by atoms with Crippen LogP contribution in [0.3, 0.4) is 0 Å². The van der Waals surface area contributed by atoms with Crippen molar-refractivity contribution in [3.05, 3.63) is 52.2 Å². The van der Waals surface area contributed by atoms with Crippen LogP contribution in [0.25, 0.3) is 16.6 Å². The minimum atomic E-state index is -0.461. The Balaban J connectivity index is 2.06. The molecule has 6 nitrogen and oxygen atoms in total. The second-order valence-corrected chi connectivity index (χ2v) is 6.58.